The summed E-state index contributed by atoms with van der Waals surface area (Å²) >= 11 is 0. The van der Waals surface area contributed by atoms with Crippen LogP contribution in [0, 0.1) is 5.82 Å². The maximum absolute atomic E-state index is 13.2. The number of nitrogens with zero attached hydrogens (tertiary/aromatic N) is 1. The number of halogens is 1. The summed E-state index contributed by atoms with van der Waals surface area (Å²) in [7, 11) is 0. The molecule has 0 aliphatic heterocycles. The Kier molecular flexibility index (Phi) is 3.14. The van der Waals surface area contributed by atoms with Crippen LogP contribution in [-0.2, 0) is 6.42 Å². The van der Waals surface area contributed by atoms with Crippen molar-refractivity contribution in [1.82, 2.24) is 9.97 Å². The molecule has 1 aromatic heterocycles. The van der Waals surface area contributed by atoms with E-state index in [-0.39, 0.29) is 5.82 Å². The Morgan fingerprint density at radius 1 is 1.20 bits per heavy atom. The molecule has 102 valence electrons. The minimum atomic E-state index is -0.251. The number of aromatic amines is 1. The molecule has 0 saturated carbocycles. The van der Waals surface area contributed by atoms with Gasteiger partial charge in [0.2, 0.25) is 0 Å². The van der Waals surface area contributed by atoms with Crippen LogP contribution in [-0.4, -0.2) is 9.97 Å². The topological polar surface area (TPSA) is 54.7 Å². The summed E-state index contributed by atoms with van der Waals surface area (Å²) in [6, 6.07) is 12.5. The fourth-order valence-electron chi connectivity index (χ4n) is 2.36. The van der Waals surface area contributed by atoms with Crippen molar-refractivity contribution in [3.8, 4) is 0 Å². The lowest BCUT2D eigenvalue weighted by atomic mass is 9.97. The molecule has 1 atom stereocenters. The van der Waals surface area contributed by atoms with Crippen molar-refractivity contribution in [2.45, 2.75) is 19.3 Å². The van der Waals surface area contributed by atoms with Crippen molar-refractivity contribution >= 4 is 16.7 Å². The summed E-state index contributed by atoms with van der Waals surface area (Å²) in [5.74, 6) is 0.940. The second-order valence-corrected chi connectivity index (χ2v) is 5.12. The first-order valence-corrected chi connectivity index (χ1v) is 6.61. The van der Waals surface area contributed by atoms with E-state index in [2.05, 4.69) is 16.9 Å². The minimum absolute atomic E-state index is 0.251. The molecule has 4 heteroatoms. The van der Waals surface area contributed by atoms with Gasteiger partial charge in [-0.15, -0.1) is 0 Å². The Hall–Kier alpha value is -2.36. The number of rotatable bonds is 3. The fraction of sp³-hybridized carbons (Fsp3) is 0.188. The maximum atomic E-state index is 13.2. The third kappa shape index (κ3) is 2.50. The number of fused-ring (bicyclic) bond motifs is 1. The van der Waals surface area contributed by atoms with Crippen LogP contribution in [0.5, 0.6) is 0 Å². The van der Waals surface area contributed by atoms with Crippen LogP contribution < -0.4 is 5.73 Å². The van der Waals surface area contributed by atoms with Crippen molar-refractivity contribution in [1.29, 1.82) is 0 Å². The van der Waals surface area contributed by atoms with Gasteiger partial charge in [0, 0.05) is 12.1 Å². The number of aromatic nitrogens is 2. The summed E-state index contributed by atoms with van der Waals surface area (Å²) in [4.78, 5) is 7.66. The fourth-order valence-corrected chi connectivity index (χ4v) is 2.36. The van der Waals surface area contributed by atoms with Crippen molar-refractivity contribution in [3.63, 3.8) is 0 Å². The molecule has 1 unspecified atom stereocenters. The van der Waals surface area contributed by atoms with Crippen LogP contribution >= 0.6 is 0 Å². The standard InChI is InChI=1S/C16H16FN3/c1-10(11-2-5-13(18)6-3-11)8-16-19-14-7-4-12(17)9-15(14)20-16/h2-7,9-10H,8,18H2,1H3,(H,19,20). The van der Waals surface area contributed by atoms with Crippen LogP contribution in [0.3, 0.4) is 0 Å². The Bertz CT molecular complexity index is 731. The maximum Gasteiger partial charge on any atom is 0.125 e. The minimum Gasteiger partial charge on any atom is -0.399 e. The number of benzene rings is 2. The van der Waals surface area contributed by atoms with Gasteiger partial charge >= 0.3 is 0 Å². The molecule has 1 heterocycles. The number of nitrogen functional groups attached to an aromatic ring is 1. The molecule has 0 aliphatic carbocycles. The second kappa shape index (κ2) is 4.96. The van der Waals surface area contributed by atoms with Crippen molar-refractivity contribution in [2.24, 2.45) is 0 Å². The average Bonchev–Trinajstić information content (AvgIpc) is 2.80. The second-order valence-electron chi connectivity index (χ2n) is 5.12. The van der Waals surface area contributed by atoms with E-state index >= 15 is 0 Å². The Morgan fingerprint density at radius 3 is 2.70 bits per heavy atom. The summed E-state index contributed by atoms with van der Waals surface area (Å²) in [5.41, 5.74) is 9.21. The number of anilines is 1. The van der Waals surface area contributed by atoms with Gasteiger partial charge in [0.25, 0.3) is 0 Å². The summed E-state index contributed by atoms with van der Waals surface area (Å²) in [6.07, 6.45) is 0.778. The molecule has 3 N–H and O–H groups in total. The van der Waals surface area contributed by atoms with Gasteiger partial charge < -0.3 is 10.7 Å². The van der Waals surface area contributed by atoms with Crippen LogP contribution in [0.4, 0.5) is 10.1 Å². The van der Waals surface area contributed by atoms with E-state index in [0.717, 1.165) is 29.0 Å². The largest absolute Gasteiger partial charge is 0.399 e. The van der Waals surface area contributed by atoms with Gasteiger partial charge in [0.1, 0.15) is 11.6 Å². The van der Waals surface area contributed by atoms with Crippen LogP contribution in [0.25, 0.3) is 11.0 Å². The smallest absolute Gasteiger partial charge is 0.125 e. The molecular weight excluding hydrogens is 253 g/mol. The monoisotopic (exact) mass is 269 g/mol. The molecule has 0 amide bonds. The number of hydrogen-bond donors (Lipinski definition) is 2. The molecular formula is C16H16FN3. The van der Waals surface area contributed by atoms with E-state index in [1.54, 1.807) is 6.07 Å². The first-order chi connectivity index (χ1) is 9.61. The molecule has 0 radical (unpaired) electrons. The van der Waals surface area contributed by atoms with Crippen molar-refractivity contribution in [3.05, 3.63) is 59.7 Å². The molecule has 3 nitrogen and oxygen atoms in total. The average molecular weight is 269 g/mol. The highest BCUT2D eigenvalue weighted by atomic mass is 19.1. The molecule has 20 heavy (non-hydrogen) atoms. The summed E-state index contributed by atoms with van der Waals surface area (Å²) in [6.45, 7) is 2.14. The van der Waals surface area contributed by atoms with Gasteiger partial charge in [-0.3, -0.25) is 0 Å². The van der Waals surface area contributed by atoms with Gasteiger partial charge in [0.15, 0.2) is 0 Å². The lowest BCUT2D eigenvalue weighted by Crippen LogP contribution is -2.00. The van der Waals surface area contributed by atoms with Crippen LogP contribution in [0.15, 0.2) is 42.5 Å². The molecule has 0 bridgehead atoms. The molecule has 3 rings (SSSR count). The van der Waals surface area contributed by atoms with Crippen LogP contribution in [0.1, 0.15) is 24.2 Å². The SMILES string of the molecule is CC(Cc1nc2ccc(F)cc2[nH]1)c1ccc(N)cc1. The van der Waals surface area contributed by atoms with E-state index in [9.17, 15) is 4.39 Å². The third-order valence-corrected chi connectivity index (χ3v) is 3.50. The molecule has 0 fully saturated rings. The quantitative estimate of drug-likeness (QED) is 0.713. The number of H-pyrrole nitrogens is 1. The van der Waals surface area contributed by atoms with Crippen LogP contribution in [0.2, 0.25) is 0 Å². The zero-order valence-corrected chi connectivity index (χ0v) is 11.2. The Morgan fingerprint density at radius 2 is 1.95 bits per heavy atom. The highest BCUT2D eigenvalue weighted by molar-refractivity contribution is 5.74. The van der Waals surface area contributed by atoms with E-state index in [1.165, 1.54) is 17.7 Å². The van der Waals surface area contributed by atoms with E-state index < -0.39 is 0 Å². The Labute approximate surface area is 116 Å². The first-order valence-electron chi connectivity index (χ1n) is 6.61. The number of hydrogen-bond acceptors (Lipinski definition) is 2. The lowest BCUT2D eigenvalue weighted by molar-refractivity contribution is 0.629. The summed E-state index contributed by atoms with van der Waals surface area (Å²) in [5, 5.41) is 0. The number of nitrogens with one attached hydrogen (secondary N) is 1. The highest BCUT2D eigenvalue weighted by Gasteiger charge is 2.10. The van der Waals surface area contributed by atoms with E-state index in [0.29, 0.717) is 5.92 Å². The predicted molar refractivity (Wildman–Crippen MR) is 79.0 cm³/mol. The molecule has 2 aromatic carbocycles. The molecule has 0 spiro atoms. The zero-order valence-electron chi connectivity index (χ0n) is 11.2. The normalized spacial score (nSPS) is 12.7. The first kappa shape index (κ1) is 12.7. The molecule has 0 aliphatic rings. The van der Waals surface area contributed by atoms with Gasteiger partial charge in [-0.25, -0.2) is 9.37 Å². The van der Waals surface area contributed by atoms with Gasteiger partial charge in [0.05, 0.1) is 11.0 Å². The van der Waals surface area contributed by atoms with Gasteiger partial charge in [-0.2, -0.15) is 0 Å². The van der Waals surface area contributed by atoms with Gasteiger partial charge in [-0.05, 0) is 41.8 Å². The predicted octanol–water partition coefficient (Wildman–Crippen LogP) is 3.63. The number of nitrogens with two attached hydrogens (primary N) is 1. The van der Waals surface area contributed by atoms with Crippen molar-refractivity contribution < 1.29 is 4.39 Å². The Balaban J connectivity index is 1.83. The van der Waals surface area contributed by atoms with Gasteiger partial charge in [-0.1, -0.05) is 19.1 Å². The van der Waals surface area contributed by atoms with Crippen molar-refractivity contribution in [2.75, 3.05) is 5.73 Å². The number of imidazole rings is 1. The zero-order chi connectivity index (χ0) is 14.1. The third-order valence-electron chi connectivity index (χ3n) is 3.50. The molecule has 3 aromatic rings. The van der Waals surface area contributed by atoms with E-state index in [1.807, 2.05) is 24.3 Å². The highest BCUT2D eigenvalue weighted by Crippen LogP contribution is 2.22. The lowest BCUT2D eigenvalue weighted by Gasteiger charge is -2.10. The summed E-state index contributed by atoms with van der Waals surface area (Å²) < 4.78 is 13.2. The molecule has 0 saturated heterocycles. The van der Waals surface area contributed by atoms with E-state index in [4.69, 9.17) is 5.73 Å².